The molecule has 1 saturated heterocycles. The lowest BCUT2D eigenvalue weighted by Gasteiger charge is -2.06. The van der Waals surface area contributed by atoms with Crippen LogP contribution in [0.25, 0.3) is 0 Å². The quantitative estimate of drug-likeness (QED) is 0.732. The molecule has 0 saturated carbocycles. The van der Waals surface area contributed by atoms with E-state index in [1.807, 2.05) is 24.3 Å². The van der Waals surface area contributed by atoms with Gasteiger partial charge in [-0.2, -0.15) is 0 Å². The molecular weight excluding hydrogens is 244 g/mol. The van der Waals surface area contributed by atoms with Gasteiger partial charge in [-0.05, 0) is 37.5 Å². The largest absolute Gasteiger partial charge is 0.497 e. The molecule has 0 aliphatic carbocycles. The van der Waals surface area contributed by atoms with E-state index in [1.54, 1.807) is 7.11 Å². The van der Waals surface area contributed by atoms with Crippen molar-refractivity contribution in [1.29, 1.82) is 0 Å². The van der Waals surface area contributed by atoms with Crippen molar-refractivity contribution in [3.63, 3.8) is 0 Å². The Bertz CT molecular complexity index is 390. The van der Waals surface area contributed by atoms with E-state index in [2.05, 4.69) is 6.92 Å². The first kappa shape index (κ1) is 14.3. The Morgan fingerprint density at radius 1 is 1.32 bits per heavy atom. The minimum atomic E-state index is -0.0946. The van der Waals surface area contributed by atoms with Gasteiger partial charge in [0.2, 0.25) is 0 Å². The van der Waals surface area contributed by atoms with Crippen molar-refractivity contribution in [2.24, 2.45) is 0 Å². The van der Waals surface area contributed by atoms with Crippen molar-refractivity contribution >= 4 is 0 Å². The number of hydrogen-bond donors (Lipinski definition) is 1. The molecule has 2 atom stereocenters. The zero-order valence-corrected chi connectivity index (χ0v) is 11.6. The Morgan fingerprint density at radius 3 is 2.68 bits per heavy atom. The summed E-state index contributed by atoms with van der Waals surface area (Å²) in [5, 5.41) is 8.81. The van der Waals surface area contributed by atoms with Gasteiger partial charge < -0.3 is 19.3 Å². The van der Waals surface area contributed by atoms with Gasteiger partial charge in [0.25, 0.3) is 0 Å². The van der Waals surface area contributed by atoms with Crippen molar-refractivity contribution < 1.29 is 19.3 Å². The molecule has 1 N–H and O–H groups in total. The zero-order valence-electron chi connectivity index (χ0n) is 11.6. The second-order valence-corrected chi connectivity index (χ2v) is 5.11. The van der Waals surface area contributed by atoms with Crippen molar-refractivity contribution in [1.82, 2.24) is 0 Å². The standard InChI is InChI=1S/C15H22O4/c1-15(8-3-9-16)14(19-15)11-18-10-12-4-6-13(17-2)7-5-12/h4-7,14,16H,3,8-11H2,1-2H3/t14-,15-/m0/s1. The fraction of sp³-hybridized carbons (Fsp3) is 0.600. The van der Waals surface area contributed by atoms with Gasteiger partial charge in [0.1, 0.15) is 11.9 Å². The number of aliphatic hydroxyl groups excluding tert-OH is 1. The fourth-order valence-corrected chi connectivity index (χ4v) is 2.16. The summed E-state index contributed by atoms with van der Waals surface area (Å²) in [7, 11) is 1.66. The highest BCUT2D eigenvalue weighted by molar-refractivity contribution is 5.26. The first-order valence-corrected chi connectivity index (χ1v) is 6.67. The Balaban J connectivity index is 1.67. The molecule has 0 aromatic heterocycles. The summed E-state index contributed by atoms with van der Waals surface area (Å²) in [6, 6.07) is 7.85. The third kappa shape index (κ3) is 3.93. The minimum absolute atomic E-state index is 0.0946. The first-order chi connectivity index (χ1) is 9.18. The van der Waals surface area contributed by atoms with Gasteiger partial charge in [-0.3, -0.25) is 0 Å². The maximum atomic E-state index is 8.81. The van der Waals surface area contributed by atoms with Crippen LogP contribution in [-0.2, 0) is 16.1 Å². The minimum Gasteiger partial charge on any atom is -0.497 e. The smallest absolute Gasteiger partial charge is 0.118 e. The van der Waals surface area contributed by atoms with Crippen LogP contribution in [0.1, 0.15) is 25.3 Å². The normalized spacial score (nSPS) is 25.3. The molecular formula is C15H22O4. The maximum Gasteiger partial charge on any atom is 0.118 e. The van der Waals surface area contributed by atoms with Gasteiger partial charge >= 0.3 is 0 Å². The molecule has 2 rings (SSSR count). The number of aliphatic hydroxyl groups is 1. The zero-order chi connectivity index (χ0) is 13.7. The number of epoxide rings is 1. The number of ether oxygens (including phenoxy) is 3. The summed E-state index contributed by atoms with van der Waals surface area (Å²) in [5.41, 5.74) is 1.03. The molecule has 1 aromatic carbocycles. The van der Waals surface area contributed by atoms with Gasteiger partial charge in [0, 0.05) is 6.61 Å². The molecule has 1 aliphatic heterocycles. The van der Waals surface area contributed by atoms with Crippen LogP contribution in [0.3, 0.4) is 0 Å². The summed E-state index contributed by atoms with van der Waals surface area (Å²) in [5.74, 6) is 0.853. The average molecular weight is 266 g/mol. The van der Waals surface area contributed by atoms with E-state index < -0.39 is 0 Å². The highest BCUT2D eigenvalue weighted by atomic mass is 16.6. The Morgan fingerprint density at radius 2 is 2.05 bits per heavy atom. The van der Waals surface area contributed by atoms with E-state index in [9.17, 15) is 0 Å². The summed E-state index contributed by atoms with van der Waals surface area (Å²) < 4.78 is 16.4. The molecule has 0 spiro atoms. The van der Waals surface area contributed by atoms with Crippen LogP contribution in [0.4, 0.5) is 0 Å². The van der Waals surface area contributed by atoms with E-state index in [-0.39, 0.29) is 18.3 Å². The molecule has 4 nitrogen and oxygen atoms in total. The van der Waals surface area contributed by atoms with Gasteiger partial charge in [-0.25, -0.2) is 0 Å². The molecule has 19 heavy (non-hydrogen) atoms. The van der Waals surface area contributed by atoms with Crippen molar-refractivity contribution in [2.45, 2.75) is 38.1 Å². The maximum absolute atomic E-state index is 8.81. The van der Waals surface area contributed by atoms with Crippen LogP contribution in [0, 0.1) is 0 Å². The summed E-state index contributed by atoms with van der Waals surface area (Å²) in [4.78, 5) is 0. The Hall–Kier alpha value is -1.10. The van der Waals surface area contributed by atoms with Crippen LogP contribution in [0.5, 0.6) is 5.75 Å². The van der Waals surface area contributed by atoms with Crippen LogP contribution in [0.15, 0.2) is 24.3 Å². The summed E-state index contributed by atoms with van der Waals surface area (Å²) in [6.45, 7) is 3.48. The van der Waals surface area contributed by atoms with E-state index in [4.69, 9.17) is 19.3 Å². The van der Waals surface area contributed by atoms with E-state index in [0.29, 0.717) is 13.2 Å². The number of benzene rings is 1. The first-order valence-electron chi connectivity index (χ1n) is 6.67. The number of methoxy groups -OCH3 is 1. The summed E-state index contributed by atoms with van der Waals surface area (Å²) >= 11 is 0. The lowest BCUT2D eigenvalue weighted by atomic mass is 10.0. The molecule has 4 heteroatoms. The Labute approximate surface area is 114 Å². The molecule has 0 bridgehead atoms. The van der Waals surface area contributed by atoms with E-state index >= 15 is 0 Å². The topological polar surface area (TPSA) is 51.2 Å². The van der Waals surface area contributed by atoms with Crippen molar-refractivity contribution in [2.75, 3.05) is 20.3 Å². The second kappa shape index (κ2) is 6.37. The molecule has 1 aromatic rings. The van der Waals surface area contributed by atoms with Gasteiger partial charge in [0.05, 0.1) is 25.9 Å². The molecule has 0 radical (unpaired) electrons. The number of hydrogen-bond acceptors (Lipinski definition) is 4. The van der Waals surface area contributed by atoms with Crippen LogP contribution >= 0.6 is 0 Å². The predicted octanol–water partition coefficient (Wildman–Crippen LogP) is 2.14. The highest BCUT2D eigenvalue weighted by Gasteiger charge is 2.51. The second-order valence-electron chi connectivity index (χ2n) is 5.11. The van der Waals surface area contributed by atoms with Crippen LogP contribution in [-0.4, -0.2) is 37.1 Å². The van der Waals surface area contributed by atoms with Gasteiger partial charge in [-0.1, -0.05) is 12.1 Å². The van der Waals surface area contributed by atoms with E-state index in [1.165, 1.54) is 0 Å². The SMILES string of the molecule is COc1ccc(COC[C@@H]2O[C@@]2(C)CCCO)cc1. The third-order valence-corrected chi connectivity index (χ3v) is 3.56. The van der Waals surface area contributed by atoms with Crippen LogP contribution in [0.2, 0.25) is 0 Å². The fourth-order valence-electron chi connectivity index (χ4n) is 2.16. The van der Waals surface area contributed by atoms with E-state index in [0.717, 1.165) is 24.2 Å². The third-order valence-electron chi connectivity index (χ3n) is 3.56. The lowest BCUT2D eigenvalue weighted by molar-refractivity contribution is 0.104. The molecule has 1 heterocycles. The Kier molecular flexibility index (Phi) is 4.80. The van der Waals surface area contributed by atoms with Crippen LogP contribution < -0.4 is 4.74 Å². The molecule has 1 aliphatic rings. The molecule has 1 fully saturated rings. The average Bonchev–Trinajstić information content (AvgIpc) is 3.08. The molecule has 0 amide bonds. The monoisotopic (exact) mass is 266 g/mol. The molecule has 0 unspecified atom stereocenters. The molecule has 106 valence electrons. The lowest BCUT2D eigenvalue weighted by Crippen LogP contribution is -2.14. The summed E-state index contributed by atoms with van der Waals surface area (Å²) in [6.07, 6.45) is 1.84. The predicted molar refractivity (Wildman–Crippen MR) is 72.2 cm³/mol. The van der Waals surface area contributed by atoms with Gasteiger partial charge in [0.15, 0.2) is 0 Å². The van der Waals surface area contributed by atoms with Crippen molar-refractivity contribution in [3.05, 3.63) is 29.8 Å². The number of rotatable bonds is 8. The van der Waals surface area contributed by atoms with Gasteiger partial charge in [-0.15, -0.1) is 0 Å². The van der Waals surface area contributed by atoms with Crippen molar-refractivity contribution in [3.8, 4) is 5.75 Å². The highest BCUT2D eigenvalue weighted by Crippen LogP contribution is 2.40.